The molecule has 0 saturated heterocycles. The molecule has 0 aliphatic rings. The molecule has 1 unspecified atom stereocenters. The highest BCUT2D eigenvalue weighted by atomic mass is 19.1. The minimum Gasteiger partial charge on any atom is -0.330 e. The molecule has 0 spiro atoms. The highest BCUT2D eigenvalue weighted by molar-refractivity contribution is 5.41. The van der Waals surface area contributed by atoms with E-state index in [0.29, 0.717) is 0 Å². The van der Waals surface area contributed by atoms with Crippen LogP contribution in [0.4, 0.5) is 14.5 Å². The second-order valence-corrected chi connectivity index (χ2v) is 3.01. The molecule has 4 nitrogen and oxygen atoms in total. The van der Waals surface area contributed by atoms with Gasteiger partial charge in [-0.15, -0.1) is 0 Å². The number of hydrogen-bond acceptors (Lipinski definition) is 3. The fourth-order valence-electron chi connectivity index (χ4n) is 1.24. The summed E-state index contributed by atoms with van der Waals surface area (Å²) in [6.07, 6.45) is -1.67. The quantitative estimate of drug-likeness (QED) is 0.618. The molecular weight excluding hydrogens is 206 g/mol. The molecule has 0 fully saturated rings. The van der Waals surface area contributed by atoms with Crippen molar-refractivity contribution in [1.82, 2.24) is 0 Å². The van der Waals surface area contributed by atoms with Gasteiger partial charge in [0, 0.05) is 6.07 Å². The maximum absolute atomic E-state index is 13.4. The molecule has 0 heterocycles. The predicted molar refractivity (Wildman–Crippen MR) is 50.6 cm³/mol. The fraction of sp³-hybridized carbons (Fsp3) is 0.333. The molecule has 0 bridgehead atoms. The average molecular weight is 216 g/mol. The van der Waals surface area contributed by atoms with Gasteiger partial charge in [-0.1, -0.05) is 0 Å². The lowest BCUT2D eigenvalue weighted by Gasteiger charge is -2.07. The van der Waals surface area contributed by atoms with Crippen LogP contribution in [0.3, 0.4) is 0 Å². The van der Waals surface area contributed by atoms with E-state index in [0.717, 1.165) is 18.2 Å². The predicted octanol–water partition coefficient (Wildman–Crippen LogP) is 2.09. The molecule has 82 valence electrons. The lowest BCUT2D eigenvalue weighted by molar-refractivity contribution is -0.386. The largest absolute Gasteiger partial charge is 0.330 e. The number of benzene rings is 1. The van der Waals surface area contributed by atoms with Crippen molar-refractivity contribution < 1.29 is 13.7 Å². The molecule has 0 aliphatic carbocycles. The molecule has 0 aromatic heterocycles. The summed E-state index contributed by atoms with van der Waals surface area (Å²) in [7, 11) is 0. The molecule has 1 aromatic rings. The number of halogens is 2. The summed E-state index contributed by atoms with van der Waals surface area (Å²) in [5.74, 6) is -0.699. The molecule has 0 amide bonds. The van der Waals surface area contributed by atoms with Crippen molar-refractivity contribution in [3.8, 4) is 0 Å². The van der Waals surface area contributed by atoms with Crippen LogP contribution < -0.4 is 5.73 Å². The number of nitrogens with zero attached hydrogens (tertiary/aromatic N) is 1. The number of hydrogen-bond donors (Lipinski definition) is 1. The summed E-state index contributed by atoms with van der Waals surface area (Å²) in [5.41, 5.74) is 4.45. The Kier molecular flexibility index (Phi) is 3.68. The molecule has 0 radical (unpaired) electrons. The summed E-state index contributed by atoms with van der Waals surface area (Å²) < 4.78 is 26.2. The highest BCUT2D eigenvalue weighted by Crippen LogP contribution is 2.30. The normalized spacial score (nSPS) is 12.5. The lowest BCUT2D eigenvalue weighted by Crippen LogP contribution is -2.06. The van der Waals surface area contributed by atoms with Gasteiger partial charge >= 0.3 is 0 Å². The van der Waals surface area contributed by atoms with Crippen molar-refractivity contribution in [2.24, 2.45) is 5.73 Å². The molecule has 1 atom stereocenters. The first kappa shape index (κ1) is 11.5. The molecular formula is C9H10F2N2O2. The zero-order valence-corrected chi connectivity index (χ0v) is 7.82. The Hall–Kier alpha value is -1.56. The van der Waals surface area contributed by atoms with Gasteiger partial charge in [-0.2, -0.15) is 0 Å². The Morgan fingerprint density at radius 3 is 2.73 bits per heavy atom. The van der Waals surface area contributed by atoms with Crippen molar-refractivity contribution in [2.75, 3.05) is 6.54 Å². The number of rotatable bonds is 4. The Morgan fingerprint density at radius 2 is 2.20 bits per heavy atom. The van der Waals surface area contributed by atoms with Gasteiger partial charge in [0.1, 0.15) is 12.0 Å². The van der Waals surface area contributed by atoms with Crippen molar-refractivity contribution in [2.45, 2.75) is 12.6 Å². The van der Waals surface area contributed by atoms with E-state index >= 15 is 0 Å². The van der Waals surface area contributed by atoms with Gasteiger partial charge in [0.05, 0.1) is 10.5 Å². The van der Waals surface area contributed by atoms with E-state index < -0.39 is 22.6 Å². The first-order valence-electron chi connectivity index (χ1n) is 4.34. The van der Waals surface area contributed by atoms with E-state index in [1.54, 1.807) is 0 Å². The third-order valence-corrected chi connectivity index (χ3v) is 1.94. The van der Waals surface area contributed by atoms with Crippen molar-refractivity contribution >= 4 is 5.69 Å². The molecule has 15 heavy (non-hydrogen) atoms. The number of nitrogens with two attached hydrogens (primary N) is 1. The summed E-state index contributed by atoms with van der Waals surface area (Å²) in [6.45, 7) is 0.0504. The molecule has 6 heteroatoms. The van der Waals surface area contributed by atoms with Crippen LogP contribution in [-0.4, -0.2) is 11.5 Å². The molecule has 1 aromatic carbocycles. The van der Waals surface area contributed by atoms with E-state index in [9.17, 15) is 18.9 Å². The Balaban J connectivity index is 3.12. The number of nitro groups is 1. The van der Waals surface area contributed by atoms with E-state index in [1.807, 2.05) is 0 Å². The van der Waals surface area contributed by atoms with E-state index in [1.165, 1.54) is 0 Å². The molecule has 1 rings (SSSR count). The van der Waals surface area contributed by atoms with E-state index in [-0.39, 0.29) is 18.5 Å². The molecule has 2 N–H and O–H groups in total. The van der Waals surface area contributed by atoms with Crippen molar-refractivity contribution in [1.29, 1.82) is 0 Å². The van der Waals surface area contributed by atoms with Gasteiger partial charge in [-0.05, 0) is 25.1 Å². The average Bonchev–Trinajstić information content (AvgIpc) is 2.17. The smallest absolute Gasteiger partial charge is 0.275 e. The van der Waals surface area contributed by atoms with Gasteiger partial charge in [0.25, 0.3) is 5.69 Å². The van der Waals surface area contributed by atoms with Crippen LogP contribution >= 0.6 is 0 Å². The second kappa shape index (κ2) is 4.79. The van der Waals surface area contributed by atoms with Gasteiger partial charge in [0.2, 0.25) is 0 Å². The maximum Gasteiger partial charge on any atom is 0.275 e. The first-order chi connectivity index (χ1) is 7.06. The van der Waals surface area contributed by atoms with E-state index in [2.05, 4.69) is 0 Å². The number of nitro benzene ring substituents is 1. The standard InChI is InChI=1S/C9H10F2N2O2/c10-6-1-2-9(13(14)15)7(5-6)8(11)3-4-12/h1-2,5,8H,3-4,12H2. The SMILES string of the molecule is NCCC(F)c1cc(F)ccc1[N+](=O)[O-]. The third kappa shape index (κ3) is 2.69. The monoisotopic (exact) mass is 216 g/mol. The summed E-state index contributed by atoms with van der Waals surface area (Å²) >= 11 is 0. The van der Waals surface area contributed by atoms with E-state index in [4.69, 9.17) is 5.73 Å². The van der Waals surface area contributed by atoms with Crippen LogP contribution in [0.1, 0.15) is 18.2 Å². The summed E-state index contributed by atoms with van der Waals surface area (Å²) in [6, 6.07) is 2.71. The zero-order valence-electron chi connectivity index (χ0n) is 7.82. The Labute approximate surface area is 84.9 Å². The van der Waals surface area contributed by atoms with Crippen molar-refractivity contribution in [3.63, 3.8) is 0 Å². The summed E-state index contributed by atoms with van der Waals surface area (Å²) in [5, 5.41) is 10.5. The second-order valence-electron chi connectivity index (χ2n) is 3.01. The maximum atomic E-state index is 13.4. The molecule has 0 aliphatic heterocycles. The minimum atomic E-state index is -1.61. The fourth-order valence-corrected chi connectivity index (χ4v) is 1.24. The Bertz CT molecular complexity index is 371. The third-order valence-electron chi connectivity index (χ3n) is 1.94. The highest BCUT2D eigenvalue weighted by Gasteiger charge is 2.21. The van der Waals surface area contributed by atoms with Gasteiger partial charge in [-0.3, -0.25) is 10.1 Å². The minimum absolute atomic E-state index is 0.0504. The van der Waals surface area contributed by atoms with Gasteiger partial charge in [0.15, 0.2) is 0 Å². The summed E-state index contributed by atoms with van der Waals surface area (Å²) in [4.78, 5) is 9.79. The molecule has 0 saturated carbocycles. The number of alkyl halides is 1. The topological polar surface area (TPSA) is 69.2 Å². The van der Waals surface area contributed by atoms with Crippen molar-refractivity contribution in [3.05, 3.63) is 39.7 Å². The zero-order chi connectivity index (χ0) is 11.4. The van der Waals surface area contributed by atoms with Crippen LogP contribution in [0.2, 0.25) is 0 Å². The van der Waals surface area contributed by atoms with Crippen LogP contribution in [0.15, 0.2) is 18.2 Å². The van der Waals surface area contributed by atoms with Gasteiger partial charge < -0.3 is 5.73 Å². The first-order valence-corrected chi connectivity index (χ1v) is 4.34. The van der Waals surface area contributed by atoms with Crippen LogP contribution in [0, 0.1) is 15.9 Å². The van der Waals surface area contributed by atoms with Crippen LogP contribution in [-0.2, 0) is 0 Å². The van der Waals surface area contributed by atoms with Crippen LogP contribution in [0.5, 0.6) is 0 Å². The van der Waals surface area contributed by atoms with Crippen LogP contribution in [0.25, 0.3) is 0 Å². The lowest BCUT2D eigenvalue weighted by atomic mass is 10.1. The Morgan fingerprint density at radius 1 is 1.53 bits per heavy atom. The van der Waals surface area contributed by atoms with Gasteiger partial charge in [-0.25, -0.2) is 8.78 Å².